The summed E-state index contributed by atoms with van der Waals surface area (Å²) in [6.45, 7) is 6.72. The van der Waals surface area contributed by atoms with Gasteiger partial charge in [-0.1, -0.05) is 51.0 Å². The molecule has 4 rings (SSSR count). The van der Waals surface area contributed by atoms with Crippen molar-refractivity contribution < 1.29 is 35.1 Å². The third kappa shape index (κ3) is 11.4. The van der Waals surface area contributed by atoms with Crippen LogP contribution in [0.15, 0.2) is 95.8 Å². The zero-order chi connectivity index (χ0) is 29.8. The smallest absolute Gasteiger partial charge is 0.243 e. The predicted octanol–water partition coefficient (Wildman–Crippen LogP) is 3.39. The van der Waals surface area contributed by atoms with E-state index in [0.717, 1.165) is 37.4 Å². The number of rotatable bonds is 9. The highest BCUT2D eigenvalue weighted by Crippen LogP contribution is 2.22. The fraction of sp³-hybridized carbons (Fsp3) is 0.357. The van der Waals surface area contributed by atoms with Gasteiger partial charge in [-0.25, -0.2) is 35.1 Å². The lowest BCUT2D eigenvalue weighted by molar-refractivity contribution is -0.671. The summed E-state index contributed by atoms with van der Waals surface area (Å²) < 4.78 is 73.2. The van der Waals surface area contributed by atoms with Crippen LogP contribution < -0.4 is 9.13 Å². The normalized spacial score (nSPS) is 11.2. The molecule has 0 unspecified atom stereocenters. The summed E-state index contributed by atoms with van der Waals surface area (Å²) in [5.74, 6) is 0. The molecule has 0 bridgehead atoms. The summed E-state index contributed by atoms with van der Waals surface area (Å²) in [7, 11) is -4.91. The van der Waals surface area contributed by atoms with Gasteiger partial charge in [-0.15, -0.1) is 0 Å². The van der Waals surface area contributed by atoms with Gasteiger partial charge in [0.25, 0.3) is 0 Å². The van der Waals surface area contributed by atoms with Crippen molar-refractivity contribution in [3.63, 3.8) is 0 Å². The van der Waals surface area contributed by atoms with Crippen molar-refractivity contribution in [2.75, 3.05) is 0 Å². The van der Waals surface area contributed by atoms with Crippen LogP contribution in [0, 0.1) is 0 Å². The lowest BCUT2D eigenvalue weighted by Gasteiger charge is -2.09. The van der Waals surface area contributed by atoms with Crippen molar-refractivity contribution >= 4 is 20.2 Å². The Labute approximate surface area is 237 Å². The zero-order valence-electron chi connectivity index (χ0n) is 23.4. The molecule has 10 nitrogen and oxygen atoms in total. The van der Waals surface area contributed by atoms with Gasteiger partial charge in [-0.05, 0) is 48.2 Å². The molecule has 0 radical (unpaired) electrons. The van der Waals surface area contributed by atoms with E-state index in [2.05, 4.69) is 69.6 Å². The molecule has 0 saturated heterocycles. The van der Waals surface area contributed by atoms with Gasteiger partial charge in [0.15, 0.2) is 0 Å². The zero-order valence-corrected chi connectivity index (χ0v) is 25.0. The van der Waals surface area contributed by atoms with Gasteiger partial charge in [0.2, 0.25) is 12.7 Å². The van der Waals surface area contributed by atoms with E-state index in [-0.39, 0.29) is 9.79 Å². The van der Waals surface area contributed by atoms with Crippen molar-refractivity contribution in [1.29, 1.82) is 0 Å². The Morgan fingerprint density at radius 2 is 0.950 bits per heavy atom. The van der Waals surface area contributed by atoms with Crippen LogP contribution in [0.25, 0.3) is 11.1 Å². The molecule has 0 aliphatic heterocycles. The number of nitrogens with zero attached hydrogens (tertiary/aromatic N) is 4. The molecule has 2 aromatic heterocycles. The number of aryl methyl sites for hydroxylation is 4. The summed E-state index contributed by atoms with van der Waals surface area (Å²) in [5, 5.41) is 0. The molecule has 0 spiro atoms. The van der Waals surface area contributed by atoms with E-state index in [1.165, 1.54) is 49.9 Å². The van der Waals surface area contributed by atoms with Crippen molar-refractivity contribution in [3.8, 4) is 11.1 Å². The van der Waals surface area contributed by atoms with Crippen LogP contribution in [0.2, 0.25) is 0 Å². The molecule has 2 heterocycles. The molecular formula is C28H38N4O6S2. The molecule has 0 N–H and O–H groups in total. The van der Waals surface area contributed by atoms with Gasteiger partial charge in [0.05, 0.1) is 37.0 Å². The van der Waals surface area contributed by atoms with Gasteiger partial charge in [0, 0.05) is 0 Å². The summed E-state index contributed by atoms with van der Waals surface area (Å²) in [6, 6.07) is 10.3. The number of hydrogen-bond donors (Lipinski definition) is 0. The van der Waals surface area contributed by atoms with Gasteiger partial charge >= 0.3 is 0 Å². The molecule has 4 aromatic rings. The summed E-state index contributed by atoms with van der Waals surface area (Å²) in [4.78, 5) is -0.694. The van der Waals surface area contributed by atoms with Gasteiger partial charge < -0.3 is 9.11 Å². The van der Waals surface area contributed by atoms with E-state index in [0.29, 0.717) is 11.1 Å². The fourth-order valence-corrected chi connectivity index (χ4v) is 4.52. The maximum absolute atomic E-state index is 10.8. The fourth-order valence-electron chi connectivity index (χ4n) is 3.58. The minimum atomic E-state index is -4.50. The molecule has 12 heteroatoms. The predicted molar refractivity (Wildman–Crippen MR) is 149 cm³/mol. The first kappa shape index (κ1) is 32.9. The van der Waals surface area contributed by atoms with E-state index in [9.17, 15) is 25.9 Å². The van der Waals surface area contributed by atoms with E-state index in [1.54, 1.807) is 0 Å². The monoisotopic (exact) mass is 590 g/mol. The lowest BCUT2D eigenvalue weighted by Crippen LogP contribution is -2.23. The second-order valence-corrected chi connectivity index (χ2v) is 12.1. The second kappa shape index (κ2) is 15.5. The van der Waals surface area contributed by atoms with Crippen LogP contribution in [0.5, 0.6) is 0 Å². The molecule has 0 aliphatic rings. The molecule has 0 amide bonds. The van der Waals surface area contributed by atoms with Crippen LogP contribution in [-0.2, 0) is 47.4 Å². The maximum Gasteiger partial charge on any atom is 0.243 e. The van der Waals surface area contributed by atoms with E-state index in [1.807, 2.05) is 14.1 Å². The Morgan fingerprint density at radius 1 is 0.625 bits per heavy atom. The summed E-state index contributed by atoms with van der Waals surface area (Å²) in [5.41, 5.74) is 1.18. The SMILES string of the molecule is CCCCn1cc[n+](C)c1.CCCCn1cc[n+](C)c1.O=S(=O)([O-])c1ccc(-c2ccc(S(=O)(=O)[O-])cc2)cc1. The summed E-state index contributed by atoms with van der Waals surface area (Å²) in [6.07, 6.45) is 17.6. The highest BCUT2D eigenvalue weighted by molar-refractivity contribution is 7.86. The van der Waals surface area contributed by atoms with Crippen LogP contribution in [-0.4, -0.2) is 35.1 Å². The van der Waals surface area contributed by atoms with Gasteiger partial charge in [-0.3, -0.25) is 0 Å². The topological polar surface area (TPSA) is 132 Å². The van der Waals surface area contributed by atoms with Crippen molar-refractivity contribution in [2.24, 2.45) is 14.1 Å². The minimum absolute atomic E-state index is 0.347. The largest absolute Gasteiger partial charge is 0.744 e. The van der Waals surface area contributed by atoms with Crippen LogP contribution in [0.1, 0.15) is 39.5 Å². The van der Waals surface area contributed by atoms with Crippen LogP contribution >= 0.6 is 0 Å². The quantitative estimate of drug-likeness (QED) is 0.217. The van der Waals surface area contributed by atoms with E-state index >= 15 is 0 Å². The molecule has 0 fully saturated rings. The first-order valence-corrected chi connectivity index (χ1v) is 15.8. The maximum atomic E-state index is 10.8. The molecular weight excluding hydrogens is 552 g/mol. The van der Waals surface area contributed by atoms with Crippen molar-refractivity contribution in [2.45, 2.75) is 62.4 Å². The second-order valence-electron chi connectivity index (χ2n) is 9.30. The summed E-state index contributed by atoms with van der Waals surface area (Å²) >= 11 is 0. The molecule has 40 heavy (non-hydrogen) atoms. The van der Waals surface area contributed by atoms with Gasteiger partial charge in [-0.2, -0.15) is 0 Å². The highest BCUT2D eigenvalue weighted by atomic mass is 32.2. The Balaban J connectivity index is 0.000000235. The first-order chi connectivity index (χ1) is 18.8. The number of aromatic nitrogens is 4. The number of benzene rings is 2. The third-order valence-electron chi connectivity index (χ3n) is 5.81. The lowest BCUT2D eigenvalue weighted by atomic mass is 10.1. The Kier molecular flexibility index (Phi) is 12.7. The average Bonchev–Trinajstić information content (AvgIpc) is 3.53. The minimum Gasteiger partial charge on any atom is -0.744 e. The first-order valence-electron chi connectivity index (χ1n) is 13.0. The van der Waals surface area contributed by atoms with Crippen molar-refractivity contribution in [3.05, 3.63) is 86.0 Å². The number of hydrogen-bond acceptors (Lipinski definition) is 6. The molecule has 218 valence electrons. The Bertz CT molecular complexity index is 1410. The van der Waals surface area contributed by atoms with Crippen LogP contribution in [0.4, 0.5) is 0 Å². The van der Waals surface area contributed by atoms with Crippen molar-refractivity contribution in [1.82, 2.24) is 9.13 Å². The molecule has 0 aliphatic carbocycles. The van der Waals surface area contributed by atoms with E-state index < -0.39 is 20.2 Å². The molecule has 0 atom stereocenters. The number of imidazole rings is 2. The van der Waals surface area contributed by atoms with E-state index in [4.69, 9.17) is 0 Å². The number of unbranched alkanes of at least 4 members (excludes halogenated alkanes) is 2. The average molecular weight is 591 g/mol. The molecule has 2 aromatic carbocycles. The van der Waals surface area contributed by atoms with Gasteiger partial charge in [0.1, 0.15) is 45.0 Å². The Hall–Kier alpha value is -3.32. The third-order valence-corrected chi connectivity index (χ3v) is 7.51. The van der Waals surface area contributed by atoms with Crippen LogP contribution in [0.3, 0.4) is 0 Å². The molecule has 0 saturated carbocycles. The Morgan fingerprint density at radius 3 is 1.18 bits per heavy atom. The highest BCUT2D eigenvalue weighted by Gasteiger charge is 2.05. The standard InChI is InChI=1S/C12H10O6S2.2C8H15N2/c13-19(14,15)11-5-1-9(2-6-11)10-3-7-12(8-4-10)20(16,17)18;2*1-3-4-5-10-7-6-9(2)8-10/h1-8H,(H,13,14,15)(H,16,17,18);2*6-8H,3-5H2,1-2H3/q;2*+1/p-2.